The zero-order valence-corrected chi connectivity index (χ0v) is 14.0. The summed E-state index contributed by atoms with van der Waals surface area (Å²) < 4.78 is 10.8. The Morgan fingerprint density at radius 1 is 1.14 bits per heavy atom. The summed E-state index contributed by atoms with van der Waals surface area (Å²) in [7, 11) is 0. The van der Waals surface area contributed by atoms with Gasteiger partial charge in [0.2, 0.25) is 5.91 Å². The molecule has 0 atom stereocenters. The summed E-state index contributed by atoms with van der Waals surface area (Å²) in [5, 5.41) is 2.53. The van der Waals surface area contributed by atoms with Crippen LogP contribution in [0, 0.1) is 13.8 Å². The minimum Gasteiger partial charge on any atom is -0.493 e. The van der Waals surface area contributed by atoms with E-state index in [9.17, 15) is 9.59 Å². The maximum atomic E-state index is 11.7. The van der Waals surface area contributed by atoms with E-state index in [0.717, 1.165) is 16.9 Å². The molecule has 1 N–H and O–H groups in total. The summed E-state index contributed by atoms with van der Waals surface area (Å²) >= 11 is 0. The molecule has 0 aliphatic heterocycles. The van der Waals surface area contributed by atoms with Gasteiger partial charge in [-0.1, -0.05) is 18.2 Å². The number of carbonyl (C=O) groups is 2. The van der Waals surface area contributed by atoms with Gasteiger partial charge in [-0.15, -0.1) is 0 Å². The number of benzene rings is 1. The highest BCUT2D eigenvalue weighted by Crippen LogP contribution is 2.22. The van der Waals surface area contributed by atoms with E-state index in [1.54, 1.807) is 20.8 Å². The van der Waals surface area contributed by atoms with Gasteiger partial charge in [0.05, 0.1) is 13.0 Å². The highest BCUT2D eigenvalue weighted by atomic mass is 16.6. The number of esters is 1. The second-order valence-electron chi connectivity index (χ2n) is 6.18. The number of para-hydroxylation sites is 1. The van der Waals surface area contributed by atoms with Crippen molar-refractivity contribution in [2.24, 2.45) is 0 Å². The molecule has 0 heterocycles. The molecule has 5 nitrogen and oxygen atoms in total. The van der Waals surface area contributed by atoms with Gasteiger partial charge in [0.1, 0.15) is 17.9 Å². The summed E-state index contributed by atoms with van der Waals surface area (Å²) in [6, 6.07) is 5.89. The smallest absolute Gasteiger partial charge is 0.325 e. The van der Waals surface area contributed by atoms with Crippen molar-refractivity contribution in [3.05, 3.63) is 29.3 Å². The zero-order chi connectivity index (χ0) is 16.8. The lowest BCUT2D eigenvalue weighted by Gasteiger charge is -2.19. The molecule has 0 saturated carbocycles. The molecule has 0 saturated heterocycles. The van der Waals surface area contributed by atoms with E-state index < -0.39 is 11.6 Å². The van der Waals surface area contributed by atoms with Gasteiger partial charge in [0.25, 0.3) is 0 Å². The van der Waals surface area contributed by atoms with Crippen molar-refractivity contribution in [2.75, 3.05) is 13.2 Å². The van der Waals surface area contributed by atoms with Crippen LogP contribution < -0.4 is 10.1 Å². The molecule has 5 heteroatoms. The van der Waals surface area contributed by atoms with Crippen molar-refractivity contribution < 1.29 is 19.1 Å². The van der Waals surface area contributed by atoms with Gasteiger partial charge in [-0.2, -0.15) is 0 Å². The fourth-order valence-electron chi connectivity index (χ4n) is 1.91. The molecule has 0 unspecified atom stereocenters. The fourth-order valence-corrected chi connectivity index (χ4v) is 1.91. The average molecular weight is 307 g/mol. The maximum Gasteiger partial charge on any atom is 0.325 e. The molecular formula is C17H25NO4. The second-order valence-corrected chi connectivity index (χ2v) is 6.18. The Morgan fingerprint density at radius 3 is 2.27 bits per heavy atom. The Kier molecular flexibility index (Phi) is 6.40. The average Bonchev–Trinajstić information content (AvgIpc) is 2.38. The number of hydrogen-bond acceptors (Lipinski definition) is 4. The maximum absolute atomic E-state index is 11.7. The summed E-state index contributed by atoms with van der Waals surface area (Å²) in [5.41, 5.74) is 1.52. The molecule has 0 bridgehead atoms. The van der Waals surface area contributed by atoms with Crippen LogP contribution in [0.4, 0.5) is 0 Å². The van der Waals surface area contributed by atoms with E-state index in [1.807, 2.05) is 32.0 Å². The molecule has 0 fully saturated rings. The standard InChI is InChI=1S/C17H25NO4/c1-12-7-6-8-13(2)16(12)21-10-9-14(19)18-11-15(20)22-17(3,4)5/h6-8H,9-11H2,1-5H3,(H,18,19). The van der Waals surface area contributed by atoms with E-state index in [1.165, 1.54) is 0 Å². The highest BCUT2D eigenvalue weighted by molar-refractivity contribution is 5.82. The van der Waals surface area contributed by atoms with E-state index in [2.05, 4.69) is 5.32 Å². The third-order valence-corrected chi connectivity index (χ3v) is 2.83. The van der Waals surface area contributed by atoms with Crippen LogP contribution in [0.25, 0.3) is 0 Å². The Balaban J connectivity index is 2.31. The molecule has 1 aromatic carbocycles. The molecule has 0 aromatic heterocycles. The summed E-state index contributed by atoms with van der Waals surface area (Å²) in [4.78, 5) is 23.2. The third kappa shape index (κ3) is 6.61. The van der Waals surface area contributed by atoms with Gasteiger partial charge < -0.3 is 14.8 Å². The Bertz CT molecular complexity index is 512. The lowest BCUT2D eigenvalue weighted by Crippen LogP contribution is -2.35. The molecule has 1 aromatic rings. The van der Waals surface area contributed by atoms with Crippen LogP contribution in [0.15, 0.2) is 18.2 Å². The van der Waals surface area contributed by atoms with Crippen LogP contribution in [0.5, 0.6) is 5.75 Å². The predicted molar refractivity (Wildman–Crippen MR) is 84.9 cm³/mol. The Morgan fingerprint density at radius 2 is 1.73 bits per heavy atom. The van der Waals surface area contributed by atoms with Crippen molar-refractivity contribution in [1.82, 2.24) is 5.32 Å². The van der Waals surface area contributed by atoms with E-state index >= 15 is 0 Å². The number of hydrogen-bond donors (Lipinski definition) is 1. The molecule has 22 heavy (non-hydrogen) atoms. The van der Waals surface area contributed by atoms with Crippen LogP contribution in [-0.4, -0.2) is 30.6 Å². The quantitative estimate of drug-likeness (QED) is 0.820. The van der Waals surface area contributed by atoms with Crippen LogP contribution in [0.1, 0.15) is 38.3 Å². The Labute approximate surface area is 132 Å². The first-order valence-corrected chi connectivity index (χ1v) is 7.36. The van der Waals surface area contributed by atoms with Crippen molar-refractivity contribution in [2.45, 2.75) is 46.6 Å². The van der Waals surface area contributed by atoms with Crippen LogP contribution >= 0.6 is 0 Å². The SMILES string of the molecule is Cc1cccc(C)c1OCCC(=O)NCC(=O)OC(C)(C)C. The first kappa shape index (κ1) is 18.0. The molecule has 0 aliphatic carbocycles. The fraction of sp³-hybridized carbons (Fsp3) is 0.529. The predicted octanol–water partition coefficient (Wildman–Crippen LogP) is 2.53. The van der Waals surface area contributed by atoms with Gasteiger partial charge in [0, 0.05) is 0 Å². The molecule has 0 radical (unpaired) electrons. The molecular weight excluding hydrogens is 282 g/mol. The normalized spacial score (nSPS) is 11.0. The van der Waals surface area contributed by atoms with Gasteiger partial charge in [-0.05, 0) is 45.7 Å². The van der Waals surface area contributed by atoms with Gasteiger partial charge in [-0.25, -0.2) is 0 Å². The molecule has 122 valence electrons. The first-order valence-electron chi connectivity index (χ1n) is 7.36. The number of aryl methyl sites for hydroxylation is 2. The Hall–Kier alpha value is -2.04. The monoisotopic (exact) mass is 307 g/mol. The minimum atomic E-state index is -0.548. The van der Waals surface area contributed by atoms with Crippen LogP contribution in [0.3, 0.4) is 0 Å². The van der Waals surface area contributed by atoms with Crippen molar-refractivity contribution in [1.29, 1.82) is 0 Å². The lowest BCUT2D eigenvalue weighted by molar-refractivity contribution is -0.154. The van der Waals surface area contributed by atoms with Crippen LogP contribution in [0.2, 0.25) is 0 Å². The number of ether oxygens (including phenoxy) is 2. The van der Waals surface area contributed by atoms with E-state index in [4.69, 9.17) is 9.47 Å². The van der Waals surface area contributed by atoms with Gasteiger partial charge in [0.15, 0.2) is 0 Å². The molecule has 1 amide bonds. The van der Waals surface area contributed by atoms with Crippen LogP contribution in [-0.2, 0) is 14.3 Å². The molecule has 0 aliphatic rings. The first-order chi connectivity index (χ1) is 10.2. The molecule has 0 spiro atoms. The third-order valence-electron chi connectivity index (χ3n) is 2.83. The second kappa shape index (κ2) is 7.82. The largest absolute Gasteiger partial charge is 0.493 e. The van der Waals surface area contributed by atoms with Gasteiger partial charge in [-0.3, -0.25) is 9.59 Å². The summed E-state index contributed by atoms with van der Waals surface area (Å²) in [6.07, 6.45) is 0.191. The van der Waals surface area contributed by atoms with Crippen molar-refractivity contribution in [3.63, 3.8) is 0 Å². The molecule has 1 rings (SSSR count). The number of rotatable bonds is 6. The van der Waals surface area contributed by atoms with Gasteiger partial charge >= 0.3 is 5.97 Å². The summed E-state index contributed by atoms with van der Waals surface area (Å²) in [6.45, 7) is 9.42. The topological polar surface area (TPSA) is 64.6 Å². The highest BCUT2D eigenvalue weighted by Gasteiger charge is 2.16. The van der Waals surface area contributed by atoms with Crippen molar-refractivity contribution in [3.8, 4) is 5.75 Å². The zero-order valence-electron chi connectivity index (χ0n) is 14.0. The number of carbonyl (C=O) groups excluding carboxylic acids is 2. The minimum absolute atomic E-state index is 0.126. The summed E-state index contributed by atoms with van der Waals surface area (Å²) in [5.74, 6) is 0.121. The van der Waals surface area contributed by atoms with E-state index in [0.29, 0.717) is 0 Å². The number of amides is 1. The van der Waals surface area contributed by atoms with E-state index in [-0.39, 0.29) is 25.5 Å². The lowest BCUT2D eigenvalue weighted by atomic mass is 10.1. The van der Waals surface area contributed by atoms with Crippen molar-refractivity contribution >= 4 is 11.9 Å². The number of nitrogens with one attached hydrogen (secondary N) is 1.